The number of rotatable bonds is 6. The van der Waals surface area contributed by atoms with Gasteiger partial charge in [-0.15, -0.1) is 0 Å². The van der Waals surface area contributed by atoms with E-state index in [1.807, 2.05) is 0 Å². The zero-order valence-electron chi connectivity index (χ0n) is 12.7. The molecule has 0 spiro atoms. The molecule has 1 aliphatic rings. The van der Waals surface area contributed by atoms with Crippen LogP contribution in [0, 0.1) is 5.92 Å². The number of hydrogen-bond acceptors (Lipinski definition) is 5. The van der Waals surface area contributed by atoms with Crippen molar-refractivity contribution in [1.82, 2.24) is 20.0 Å². The molecule has 0 saturated carbocycles. The first-order chi connectivity index (χ1) is 10.1. The average molecular weight is 358 g/mol. The predicted octanol–water partition coefficient (Wildman–Crippen LogP) is 0.979. The first-order valence-electron chi connectivity index (χ1n) is 7.50. The first-order valence-corrected chi connectivity index (χ1v) is 8.30. The quantitative estimate of drug-likeness (QED) is 0.794. The summed E-state index contributed by atoms with van der Waals surface area (Å²) in [6.45, 7) is 10.8. The minimum Gasteiger partial charge on any atom is -0.381 e. The molecule has 1 aromatic heterocycles. The van der Waals surface area contributed by atoms with Gasteiger partial charge < -0.3 is 10.6 Å². The lowest BCUT2D eigenvalue weighted by Gasteiger charge is -2.27. The highest BCUT2D eigenvalue weighted by Gasteiger charge is 2.11. The van der Waals surface area contributed by atoms with E-state index in [2.05, 4.69) is 50.4 Å². The molecule has 2 N–H and O–H groups in total. The van der Waals surface area contributed by atoms with Gasteiger partial charge >= 0.3 is 0 Å². The zero-order chi connectivity index (χ0) is 15.2. The lowest BCUT2D eigenvalue weighted by Crippen LogP contribution is -2.45. The van der Waals surface area contributed by atoms with Crippen molar-refractivity contribution >= 4 is 21.6 Å². The highest BCUT2D eigenvalue weighted by molar-refractivity contribution is 9.10. The lowest BCUT2D eigenvalue weighted by molar-refractivity contribution is 0.249. The van der Waals surface area contributed by atoms with Gasteiger partial charge in [-0.1, -0.05) is 13.8 Å². The number of anilines is 1. The Balaban J connectivity index is 1.91. The maximum atomic E-state index is 12.2. The zero-order valence-corrected chi connectivity index (χ0v) is 14.3. The molecule has 2 rings (SSSR count). The van der Waals surface area contributed by atoms with Gasteiger partial charge in [0.2, 0.25) is 0 Å². The molecule has 0 aliphatic carbocycles. The van der Waals surface area contributed by atoms with E-state index < -0.39 is 0 Å². The third-order valence-electron chi connectivity index (χ3n) is 3.48. The highest BCUT2D eigenvalue weighted by Crippen LogP contribution is 2.16. The second-order valence-electron chi connectivity index (χ2n) is 5.77. The van der Waals surface area contributed by atoms with Gasteiger partial charge in [0.1, 0.15) is 4.47 Å². The van der Waals surface area contributed by atoms with E-state index >= 15 is 0 Å². The number of nitrogens with zero attached hydrogens (tertiary/aromatic N) is 3. The van der Waals surface area contributed by atoms with Crippen molar-refractivity contribution in [2.24, 2.45) is 5.92 Å². The first kappa shape index (κ1) is 16.5. The summed E-state index contributed by atoms with van der Waals surface area (Å²) < 4.78 is 2.08. The second kappa shape index (κ2) is 7.91. The van der Waals surface area contributed by atoms with Crippen molar-refractivity contribution in [2.75, 3.05) is 44.6 Å². The Labute approximate surface area is 134 Å². The van der Waals surface area contributed by atoms with Crippen LogP contribution in [0.25, 0.3) is 0 Å². The maximum Gasteiger partial charge on any atom is 0.283 e. The number of piperazine rings is 1. The fourth-order valence-corrected chi connectivity index (χ4v) is 2.79. The number of halogens is 1. The van der Waals surface area contributed by atoms with Crippen molar-refractivity contribution in [3.8, 4) is 0 Å². The number of hydrogen-bond donors (Lipinski definition) is 2. The summed E-state index contributed by atoms with van der Waals surface area (Å²) in [5.74, 6) is 0.397. The van der Waals surface area contributed by atoms with Crippen LogP contribution in [0.3, 0.4) is 0 Å². The normalized spacial score (nSPS) is 16.4. The third-order valence-corrected chi connectivity index (χ3v) is 4.24. The van der Waals surface area contributed by atoms with E-state index in [1.165, 1.54) is 4.68 Å². The van der Waals surface area contributed by atoms with E-state index in [0.29, 0.717) is 16.9 Å². The van der Waals surface area contributed by atoms with Crippen LogP contribution in [0.4, 0.5) is 5.69 Å². The molecule has 118 valence electrons. The van der Waals surface area contributed by atoms with Gasteiger partial charge in [-0.3, -0.25) is 9.69 Å². The lowest BCUT2D eigenvalue weighted by atomic mass is 10.2. The molecule has 1 saturated heterocycles. The van der Waals surface area contributed by atoms with Gasteiger partial charge in [-0.05, 0) is 21.8 Å². The Morgan fingerprint density at radius 2 is 2.14 bits per heavy atom. The van der Waals surface area contributed by atoms with E-state index in [-0.39, 0.29) is 5.56 Å². The van der Waals surface area contributed by atoms with Crippen molar-refractivity contribution in [1.29, 1.82) is 0 Å². The SMILES string of the molecule is CC(C)Cn1ncc(NCCN2CCNCC2)c(Br)c1=O. The number of nitrogens with one attached hydrogen (secondary N) is 2. The number of aromatic nitrogens is 2. The molecular weight excluding hydrogens is 334 g/mol. The van der Waals surface area contributed by atoms with Crippen LogP contribution in [0.2, 0.25) is 0 Å². The highest BCUT2D eigenvalue weighted by atomic mass is 79.9. The molecule has 0 bridgehead atoms. The molecule has 6 nitrogen and oxygen atoms in total. The topological polar surface area (TPSA) is 62.2 Å². The van der Waals surface area contributed by atoms with Crippen LogP contribution in [-0.4, -0.2) is 53.9 Å². The van der Waals surface area contributed by atoms with Crippen LogP contribution in [0.5, 0.6) is 0 Å². The van der Waals surface area contributed by atoms with Crippen LogP contribution < -0.4 is 16.2 Å². The second-order valence-corrected chi connectivity index (χ2v) is 6.56. The van der Waals surface area contributed by atoms with Gasteiger partial charge in [-0.25, -0.2) is 4.68 Å². The van der Waals surface area contributed by atoms with Crippen molar-refractivity contribution in [3.05, 3.63) is 21.0 Å². The molecule has 1 aromatic rings. The van der Waals surface area contributed by atoms with Gasteiger partial charge in [0.15, 0.2) is 0 Å². The molecule has 0 atom stereocenters. The van der Waals surface area contributed by atoms with Crippen LogP contribution >= 0.6 is 15.9 Å². The molecule has 0 aromatic carbocycles. The monoisotopic (exact) mass is 357 g/mol. The molecular formula is C14H24BrN5O. The summed E-state index contributed by atoms with van der Waals surface area (Å²) in [6.07, 6.45) is 1.73. The molecule has 1 fully saturated rings. The summed E-state index contributed by atoms with van der Waals surface area (Å²) in [6, 6.07) is 0. The molecule has 7 heteroatoms. The van der Waals surface area contributed by atoms with Gasteiger partial charge in [-0.2, -0.15) is 5.10 Å². The van der Waals surface area contributed by atoms with Crippen LogP contribution in [0.1, 0.15) is 13.8 Å². The Morgan fingerprint density at radius 3 is 2.81 bits per heavy atom. The predicted molar refractivity (Wildman–Crippen MR) is 88.8 cm³/mol. The summed E-state index contributed by atoms with van der Waals surface area (Å²) >= 11 is 3.39. The smallest absolute Gasteiger partial charge is 0.283 e. The molecule has 1 aliphatic heterocycles. The van der Waals surface area contributed by atoms with Crippen molar-refractivity contribution < 1.29 is 0 Å². The van der Waals surface area contributed by atoms with Crippen molar-refractivity contribution in [2.45, 2.75) is 20.4 Å². The molecule has 21 heavy (non-hydrogen) atoms. The summed E-state index contributed by atoms with van der Waals surface area (Å²) in [5.41, 5.74) is 0.700. The average Bonchev–Trinajstić information content (AvgIpc) is 2.47. The Hall–Kier alpha value is -0.920. The molecule has 0 unspecified atom stereocenters. The van der Waals surface area contributed by atoms with Gasteiger partial charge in [0, 0.05) is 45.8 Å². The fourth-order valence-electron chi connectivity index (χ4n) is 2.35. The van der Waals surface area contributed by atoms with E-state index in [4.69, 9.17) is 0 Å². The largest absolute Gasteiger partial charge is 0.381 e. The van der Waals surface area contributed by atoms with Crippen molar-refractivity contribution in [3.63, 3.8) is 0 Å². The van der Waals surface area contributed by atoms with Gasteiger partial charge in [0.25, 0.3) is 5.56 Å². The van der Waals surface area contributed by atoms with E-state index in [9.17, 15) is 4.79 Å². The Bertz CT molecular complexity index is 511. The van der Waals surface area contributed by atoms with Gasteiger partial charge in [0.05, 0.1) is 11.9 Å². The summed E-state index contributed by atoms with van der Waals surface area (Å²) in [7, 11) is 0. The molecule has 0 radical (unpaired) electrons. The molecule has 2 heterocycles. The minimum atomic E-state index is -0.0733. The Morgan fingerprint density at radius 1 is 1.43 bits per heavy atom. The summed E-state index contributed by atoms with van der Waals surface area (Å²) in [4.78, 5) is 14.6. The fraction of sp³-hybridized carbons (Fsp3) is 0.714. The van der Waals surface area contributed by atoms with E-state index in [0.717, 1.165) is 45.0 Å². The maximum absolute atomic E-state index is 12.2. The van der Waals surface area contributed by atoms with E-state index in [1.54, 1.807) is 6.20 Å². The summed E-state index contributed by atoms with van der Waals surface area (Å²) in [5, 5.41) is 10.9. The Kier molecular flexibility index (Phi) is 6.20. The standard InChI is InChI=1S/C14H24BrN5O/c1-11(2)10-20-14(21)13(15)12(9-18-20)17-5-8-19-6-3-16-4-7-19/h9,11,16-17H,3-8,10H2,1-2H3. The minimum absolute atomic E-state index is 0.0733. The molecule has 0 amide bonds. The van der Waals surface area contributed by atoms with Crippen LogP contribution in [-0.2, 0) is 6.54 Å². The third kappa shape index (κ3) is 4.79. The van der Waals surface area contributed by atoms with Crippen LogP contribution in [0.15, 0.2) is 15.5 Å².